The number of hydrogen-bond donors (Lipinski definition) is 0. The van der Waals surface area contributed by atoms with Crippen LogP contribution in [0.3, 0.4) is 0 Å². The predicted molar refractivity (Wildman–Crippen MR) is 136 cm³/mol. The van der Waals surface area contributed by atoms with Gasteiger partial charge in [0.25, 0.3) is 11.8 Å². The van der Waals surface area contributed by atoms with Gasteiger partial charge in [-0.2, -0.15) is 0 Å². The van der Waals surface area contributed by atoms with Crippen LogP contribution < -0.4 is 4.90 Å². The van der Waals surface area contributed by atoms with Crippen LogP contribution in [0.4, 0.5) is 5.69 Å². The van der Waals surface area contributed by atoms with E-state index < -0.39 is 0 Å². The van der Waals surface area contributed by atoms with Gasteiger partial charge in [-0.05, 0) is 40.9 Å². The molecule has 0 aromatic heterocycles. The molecule has 0 saturated carbocycles. The number of benzene rings is 3. The Morgan fingerprint density at radius 1 is 0.818 bits per heavy atom. The van der Waals surface area contributed by atoms with Gasteiger partial charge in [0, 0.05) is 67.9 Å². The Morgan fingerprint density at radius 3 is 2.09 bits per heavy atom. The second-order valence-electron chi connectivity index (χ2n) is 8.81. The normalized spacial score (nSPS) is 16.5. The lowest BCUT2D eigenvalue weighted by molar-refractivity contribution is 0.0591. The number of imide groups is 1. The van der Waals surface area contributed by atoms with Gasteiger partial charge in [-0.3, -0.25) is 19.4 Å². The Morgan fingerprint density at radius 2 is 1.45 bits per heavy atom. The molecule has 2 aliphatic rings. The summed E-state index contributed by atoms with van der Waals surface area (Å²) < 4.78 is 0. The van der Waals surface area contributed by atoms with Crippen molar-refractivity contribution in [3.63, 3.8) is 0 Å². The molecule has 2 amide bonds. The fourth-order valence-corrected chi connectivity index (χ4v) is 5.13. The van der Waals surface area contributed by atoms with Gasteiger partial charge in [0.2, 0.25) is 0 Å². The predicted octanol–water partition coefficient (Wildman–Crippen LogP) is 4.19. The minimum absolute atomic E-state index is 0.188. The first kappa shape index (κ1) is 21.7. The molecule has 0 unspecified atom stereocenters. The van der Waals surface area contributed by atoms with Crippen LogP contribution >= 0.6 is 12.2 Å². The Bertz CT molecular complexity index is 1200. The largest absolute Gasteiger partial charge is 0.369 e. The minimum atomic E-state index is -0.188. The molecular weight excluding hydrogens is 430 g/mol. The van der Waals surface area contributed by atoms with Crippen molar-refractivity contribution in [2.75, 3.05) is 44.2 Å². The molecule has 0 radical (unpaired) electrons. The van der Waals surface area contributed by atoms with Crippen LogP contribution in [0.2, 0.25) is 0 Å². The van der Waals surface area contributed by atoms with E-state index in [1.165, 1.54) is 16.2 Å². The number of carbonyl (C=O) groups is 2. The first-order chi connectivity index (χ1) is 16.0. The third-order valence-electron chi connectivity index (χ3n) is 6.64. The summed E-state index contributed by atoms with van der Waals surface area (Å²) in [6.07, 6.45) is 0.819. The highest BCUT2D eigenvalue weighted by atomic mass is 32.1. The molecule has 3 aromatic carbocycles. The van der Waals surface area contributed by atoms with Crippen LogP contribution in [0.15, 0.2) is 60.7 Å². The van der Waals surface area contributed by atoms with Crippen molar-refractivity contribution in [1.82, 2.24) is 9.80 Å². The number of carbonyl (C=O) groups excluding carboxylic acids is 2. The summed E-state index contributed by atoms with van der Waals surface area (Å²) in [4.78, 5) is 33.4. The molecule has 33 heavy (non-hydrogen) atoms. The number of hydrogen-bond acceptors (Lipinski definition) is 5. The van der Waals surface area contributed by atoms with Crippen molar-refractivity contribution in [1.29, 1.82) is 0 Å². The third-order valence-corrected chi connectivity index (χ3v) is 6.78. The molecule has 1 saturated heterocycles. The first-order valence-electron chi connectivity index (χ1n) is 11.5. The molecule has 0 atom stereocenters. The van der Waals surface area contributed by atoms with E-state index in [0.29, 0.717) is 24.2 Å². The molecule has 5 rings (SSSR count). The monoisotopic (exact) mass is 457 g/mol. The van der Waals surface area contributed by atoms with Gasteiger partial charge in [0.1, 0.15) is 0 Å². The summed E-state index contributed by atoms with van der Waals surface area (Å²) >= 11 is 5.33. The number of para-hydroxylation sites is 1. The van der Waals surface area contributed by atoms with Gasteiger partial charge in [-0.1, -0.05) is 54.7 Å². The summed E-state index contributed by atoms with van der Waals surface area (Å²) in [5.41, 5.74) is 3.78. The topological polar surface area (TPSA) is 43.9 Å². The van der Waals surface area contributed by atoms with Crippen LogP contribution in [0.1, 0.15) is 33.2 Å². The van der Waals surface area contributed by atoms with Gasteiger partial charge < -0.3 is 4.90 Å². The molecule has 0 N–H and O–H groups in total. The molecule has 6 heteroatoms. The van der Waals surface area contributed by atoms with Crippen LogP contribution in [0.5, 0.6) is 0 Å². The Hall–Kier alpha value is -3.09. The second-order valence-corrected chi connectivity index (χ2v) is 9.50. The maximum absolute atomic E-state index is 13.1. The van der Waals surface area contributed by atoms with Crippen molar-refractivity contribution in [3.8, 4) is 0 Å². The Balaban J connectivity index is 1.24. The van der Waals surface area contributed by atoms with E-state index in [4.69, 9.17) is 12.2 Å². The molecule has 0 bridgehead atoms. The average molecular weight is 458 g/mol. The Kier molecular flexibility index (Phi) is 5.96. The maximum atomic E-state index is 13.1. The standard InChI is InChI=1S/C27H27N3O2S/c1-19(33)18-21-6-2-3-11-24(21)29-15-12-28(13-16-29)14-17-30-26(31)22-9-4-7-20-8-5-10-23(25(20)22)27(30)32/h2-11H,12-18H2,1H3. The Labute approximate surface area is 199 Å². The van der Waals surface area contributed by atoms with E-state index in [0.717, 1.165) is 48.2 Å². The zero-order valence-corrected chi connectivity index (χ0v) is 19.6. The van der Waals surface area contributed by atoms with Crippen LogP contribution in [-0.4, -0.2) is 65.7 Å². The number of amides is 2. The zero-order valence-electron chi connectivity index (χ0n) is 18.8. The van der Waals surface area contributed by atoms with Crippen molar-refractivity contribution in [3.05, 3.63) is 77.4 Å². The number of rotatable bonds is 6. The van der Waals surface area contributed by atoms with Crippen molar-refractivity contribution in [2.24, 2.45) is 0 Å². The summed E-state index contributed by atoms with van der Waals surface area (Å²) in [7, 11) is 0. The van der Waals surface area contributed by atoms with Gasteiger partial charge >= 0.3 is 0 Å². The van der Waals surface area contributed by atoms with E-state index in [1.54, 1.807) is 0 Å². The summed E-state index contributed by atoms with van der Waals surface area (Å²) in [5, 5.41) is 1.72. The summed E-state index contributed by atoms with van der Waals surface area (Å²) in [6.45, 7) is 6.70. The zero-order chi connectivity index (χ0) is 22.9. The molecule has 3 aromatic rings. The van der Waals surface area contributed by atoms with Gasteiger partial charge in [-0.25, -0.2) is 0 Å². The lowest BCUT2D eigenvalue weighted by Crippen LogP contribution is -2.50. The third kappa shape index (κ3) is 4.16. The van der Waals surface area contributed by atoms with Crippen LogP contribution in [-0.2, 0) is 6.42 Å². The van der Waals surface area contributed by atoms with Crippen LogP contribution in [0, 0.1) is 0 Å². The van der Waals surface area contributed by atoms with Crippen molar-refractivity contribution >= 4 is 45.4 Å². The van der Waals surface area contributed by atoms with E-state index in [9.17, 15) is 9.59 Å². The lowest BCUT2D eigenvalue weighted by Gasteiger charge is -2.38. The van der Waals surface area contributed by atoms with E-state index in [-0.39, 0.29) is 11.8 Å². The van der Waals surface area contributed by atoms with Crippen molar-refractivity contribution in [2.45, 2.75) is 13.3 Å². The first-order valence-corrected chi connectivity index (χ1v) is 11.9. The maximum Gasteiger partial charge on any atom is 0.261 e. The molecular formula is C27H27N3O2S. The highest BCUT2D eigenvalue weighted by Gasteiger charge is 2.33. The SMILES string of the molecule is CC(=S)Cc1ccccc1N1CCN(CCN2C(=O)c3cccc4cccc(c34)C2=O)CC1. The van der Waals surface area contributed by atoms with E-state index in [1.807, 2.05) is 43.3 Å². The quantitative estimate of drug-likeness (QED) is 0.410. The molecule has 2 heterocycles. The second kappa shape index (κ2) is 9.04. The molecule has 168 valence electrons. The number of piperazine rings is 1. The van der Waals surface area contributed by atoms with E-state index in [2.05, 4.69) is 34.1 Å². The average Bonchev–Trinajstić information content (AvgIpc) is 2.83. The molecule has 0 aliphatic carbocycles. The highest BCUT2D eigenvalue weighted by molar-refractivity contribution is 7.80. The smallest absolute Gasteiger partial charge is 0.261 e. The van der Waals surface area contributed by atoms with Gasteiger partial charge in [-0.15, -0.1) is 0 Å². The van der Waals surface area contributed by atoms with Crippen LogP contribution in [0.25, 0.3) is 10.8 Å². The molecule has 2 aliphatic heterocycles. The molecule has 5 nitrogen and oxygen atoms in total. The summed E-state index contributed by atoms with van der Waals surface area (Å²) in [5.74, 6) is -0.375. The molecule has 0 spiro atoms. The lowest BCUT2D eigenvalue weighted by atomic mass is 9.94. The van der Waals surface area contributed by atoms with Gasteiger partial charge in [0.15, 0.2) is 0 Å². The molecule has 1 fully saturated rings. The van der Waals surface area contributed by atoms with Gasteiger partial charge in [0.05, 0.1) is 0 Å². The number of nitrogens with zero attached hydrogens (tertiary/aromatic N) is 3. The number of thiocarbonyl (C=S) groups is 1. The fourth-order valence-electron chi connectivity index (χ4n) is 4.97. The summed E-state index contributed by atoms with van der Waals surface area (Å²) in [6, 6.07) is 19.8. The minimum Gasteiger partial charge on any atom is -0.369 e. The van der Waals surface area contributed by atoms with Crippen molar-refractivity contribution < 1.29 is 9.59 Å². The highest BCUT2D eigenvalue weighted by Crippen LogP contribution is 2.30. The fraction of sp³-hybridized carbons (Fsp3) is 0.296. The number of anilines is 1. The van der Waals surface area contributed by atoms with E-state index >= 15 is 0 Å².